The third-order valence-electron chi connectivity index (χ3n) is 8.43. The van der Waals surface area contributed by atoms with Gasteiger partial charge in [0.1, 0.15) is 0 Å². The average Bonchev–Trinajstić information content (AvgIpc) is 2.89. The first-order valence-electron chi connectivity index (χ1n) is 14.1. The molecule has 39 heavy (non-hydrogen) atoms. The molecule has 202 valence electrons. The highest BCUT2D eigenvalue weighted by Crippen LogP contribution is 2.52. The van der Waals surface area contributed by atoms with E-state index in [0.29, 0.717) is 43.2 Å². The number of piperidine rings is 1. The minimum atomic E-state index is -0.872. The first-order valence-corrected chi connectivity index (χ1v) is 14.1. The topological polar surface area (TPSA) is 67.9 Å². The Labute approximate surface area is 230 Å². The van der Waals surface area contributed by atoms with Crippen LogP contribution >= 0.6 is 0 Å². The van der Waals surface area contributed by atoms with Gasteiger partial charge in [0.15, 0.2) is 17.2 Å². The van der Waals surface area contributed by atoms with Crippen LogP contribution in [0.25, 0.3) is 0 Å². The standard InChI is InChI=1S/C33H36N2O4/c1-22-12-14-23(15-13-22)16-17-34-32(37)25-8-4-9-27(18-25)35-30(36)19-26-20-33(35,2)39-31-28(26)10-5-11-29(31)38-21-24-6-3-7-24/h4-5,8-15,18,24,26H,3,6-7,16-17,19-21H2,1-2H3,(H,34,37). The summed E-state index contributed by atoms with van der Waals surface area (Å²) in [6.07, 6.45) is 5.55. The second kappa shape index (κ2) is 10.4. The Kier molecular flexibility index (Phi) is 6.79. The lowest BCUT2D eigenvalue weighted by atomic mass is 9.80. The van der Waals surface area contributed by atoms with Crippen molar-refractivity contribution < 1.29 is 19.1 Å². The van der Waals surface area contributed by atoms with Crippen LogP contribution in [-0.2, 0) is 11.2 Å². The third-order valence-corrected chi connectivity index (χ3v) is 8.43. The largest absolute Gasteiger partial charge is 0.489 e. The van der Waals surface area contributed by atoms with Gasteiger partial charge < -0.3 is 14.8 Å². The lowest BCUT2D eigenvalue weighted by molar-refractivity contribution is -0.127. The molecule has 2 fully saturated rings. The second-order valence-corrected chi connectivity index (χ2v) is 11.4. The molecule has 2 atom stereocenters. The van der Waals surface area contributed by atoms with Crippen molar-refractivity contribution >= 4 is 17.5 Å². The molecule has 2 heterocycles. The van der Waals surface area contributed by atoms with Gasteiger partial charge >= 0.3 is 0 Å². The number of carbonyl (C=O) groups is 2. The number of aryl methyl sites for hydroxylation is 1. The average molecular weight is 525 g/mol. The van der Waals surface area contributed by atoms with Crippen molar-refractivity contribution in [3.63, 3.8) is 0 Å². The maximum absolute atomic E-state index is 13.5. The molecular weight excluding hydrogens is 488 g/mol. The Morgan fingerprint density at radius 3 is 2.67 bits per heavy atom. The lowest BCUT2D eigenvalue weighted by Crippen LogP contribution is -2.60. The van der Waals surface area contributed by atoms with E-state index in [-0.39, 0.29) is 17.7 Å². The summed E-state index contributed by atoms with van der Waals surface area (Å²) in [6, 6.07) is 21.6. The molecule has 2 unspecified atom stereocenters. The summed E-state index contributed by atoms with van der Waals surface area (Å²) < 4.78 is 12.9. The van der Waals surface area contributed by atoms with Gasteiger partial charge in [-0.2, -0.15) is 0 Å². The van der Waals surface area contributed by atoms with Gasteiger partial charge in [0, 0.05) is 42.1 Å². The van der Waals surface area contributed by atoms with Gasteiger partial charge in [0.2, 0.25) is 5.91 Å². The van der Waals surface area contributed by atoms with Crippen LogP contribution in [0.4, 0.5) is 5.69 Å². The van der Waals surface area contributed by atoms with Crippen molar-refractivity contribution in [2.45, 2.75) is 64.0 Å². The molecule has 3 aromatic carbocycles. The summed E-state index contributed by atoms with van der Waals surface area (Å²) >= 11 is 0. The monoisotopic (exact) mass is 524 g/mol. The molecule has 2 amide bonds. The Balaban J connectivity index is 1.19. The molecule has 2 aliphatic heterocycles. The highest BCUT2D eigenvalue weighted by molar-refractivity contribution is 5.99. The molecule has 0 radical (unpaired) electrons. The van der Waals surface area contributed by atoms with E-state index in [2.05, 4.69) is 42.6 Å². The summed E-state index contributed by atoms with van der Waals surface area (Å²) in [4.78, 5) is 28.3. The summed E-state index contributed by atoms with van der Waals surface area (Å²) in [7, 11) is 0. The van der Waals surface area contributed by atoms with Crippen LogP contribution in [-0.4, -0.2) is 30.7 Å². The van der Waals surface area contributed by atoms with Crippen LogP contribution in [0.1, 0.15) is 72.0 Å². The zero-order valence-electron chi connectivity index (χ0n) is 22.7. The number of carbonyl (C=O) groups excluding carboxylic acids is 2. The van der Waals surface area contributed by atoms with Crippen LogP contribution in [0.5, 0.6) is 11.5 Å². The predicted molar refractivity (Wildman–Crippen MR) is 151 cm³/mol. The van der Waals surface area contributed by atoms with E-state index in [1.165, 1.54) is 30.4 Å². The molecule has 1 N–H and O–H groups in total. The van der Waals surface area contributed by atoms with E-state index in [1.54, 1.807) is 17.0 Å². The Bertz CT molecular complexity index is 1380. The van der Waals surface area contributed by atoms with Gasteiger partial charge in [-0.05, 0) is 68.9 Å². The molecule has 2 bridgehead atoms. The first-order chi connectivity index (χ1) is 18.9. The van der Waals surface area contributed by atoms with Gasteiger partial charge in [-0.1, -0.05) is 54.4 Å². The number of hydrogen-bond donors (Lipinski definition) is 1. The third kappa shape index (κ3) is 5.12. The maximum atomic E-state index is 13.5. The van der Waals surface area contributed by atoms with Gasteiger partial charge in [-0.25, -0.2) is 0 Å². The normalized spacial score (nSPS) is 21.9. The van der Waals surface area contributed by atoms with E-state index in [9.17, 15) is 9.59 Å². The van der Waals surface area contributed by atoms with Gasteiger partial charge in [0.25, 0.3) is 5.91 Å². The summed E-state index contributed by atoms with van der Waals surface area (Å²) in [5, 5.41) is 3.02. The smallest absolute Gasteiger partial charge is 0.251 e. The minimum Gasteiger partial charge on any atom is -0.489 e. The van der Waals surface area contributed by atoms with Crippen molar-refractivity contribution in [1.82, 2.24) is 5.32 Å². The zero-order valence-corrected chi connectivity index (χ0v) is 22.7. The minimum absolute atomic E-state index is 0.00267. The molecule has 3 aliphatic rings. The number of nitrogens with one attached hydrogen (secondary N) is 1. The van der Waals surface area contributed by atoms with E-state index in [1.807, 2.05) is 31.2 Å². The number of fused-ring (bicyclic) bond motifs is 4. The molecular formula is C33H36N2O4. The lowest BCUT2D eigenvalue weighted by Gasteiger charge is -2.50. The quantitative estimate of drug-likeness (QED) is 0.383. The molecule has 1 saturated heterocycles. The Morgan fingerprint density at radius 1 is 1.10 bits per heavy atom. The molecule has 0 spiro atoms. The van der Waals surface area contributed by atoms with Crippen LogP contribution in [0, 0.1) is 12.8 Å². The first kappa shape index (κ1) is 25.5. The molecule has 6 nitrogen and oxygen atoms in total. The van der Waals surface area contributed by atoms with Crippen LogP contribution in [0.15, 0.2) is 66.7 Å². The fourth-order valence-electron chi connectivity index (χ4n) is 6.04. The van der Waals surface area contributed by atoms with Gasteiger partial charge in [-0.3, -0.25) is 14.5 Å². The van der Waals surface area contributed by atoms with E-state index < -0.39 is 5.72 Å². The Morgan fingerprint density at radius 2 is 1.90 bits per heavy atom. The van der Waals surface area contributed by atoms with Gasteiger partial charge in [-0.15, -0.1) is 0 Å². The van der Waals surface area contributed by atoms with E-state index in [4.69, 9.17) is 9.47 Å². The summed E-state index contributed by atoms with van der Waals surface area (Å²) in [5.74, 6) is 2.03. The van der Waals surface area contributed by atoms with Crippen molar-refractivity contribution in [3.05, 3.63) is 89.0 Å². The summed E-state index contributed by atoms with van der Waals surface area (Å²) in [5.41, 5.74) is 3.77. The molecule has 6 heteroatoms. The van der Waals surface area contributed by atoms with Crippen molar-refractivity contribution in [3.8, 4) is 11.5 Å². The van der Waals surface area contributed by atoms with Crippen LogP contribution in [0.3, 0.4) is 0 Å². The number of para-hydroxylation sites is 1. The highest BCUT2D eigenvalue weighted by atomic mass is 16.5. The molecule has 1 saturated carbocycles. The van der Waals surface area contributed by atoms with Crippen molar-refractivity contribution in [2.75, 3.05) is 18.1 Å². The number of nitrogens with zero attached hydrogens (tertiary/aromatic N) is 1. The van der Waals surface area contributed by atoms with Crippen molar-refractivity contribution in [1.29, 1.82) is 0 Å². The maximum Gasteiger partial charge on any atom is 0.251 e. The SMILES string of the molecule is Cc1ccc(CCNC(=O)c2cccc(N3C(=O)CC4CC3(C)Oc3c(OCC5CCC5)cccc34)c2)cc1. The molecule has 0 aromatic heterocycles. The zero-order chi connectivity index (χ0) is 27.0. The molecule has 6 rings (SSSR count). The number of anilines is 1. The van der Waals surface area contributed by atoms with Crippen LogP contribution < -0.4 is 19.7 Å². The number of hydrogen-bond acceptors (Lipinski definition) is 4. The fraction of sp³-hybridized carbons (Fsp3) is 0.394. The number of rotatable bonds is 8. The van der Waals surface area contributed by atoms with Crippen molar-refractivity contribution in [2.24, 2.45) is 5.92 Å². The second-order valence-electron chi connectivity index (χ2n) is 11.4. The van der Waals surface area contributed by atoms with Gasteiger partial charge in [0.05, 0.1) is 6.61 Å². The highest BCUT2D eigenvalue weighted by Gasteiger charge is 2.50. The fourth-order valence-corrected chi connectivity index (χ4v) is 6.04. The molecule has 1 aliphatic carbocycles. The van der Waals surface area contributed by atoms with Crippen LogP contribution in [0.2, 0.25) is 0 Å². The molecule has 3 aromatic rings. The van der Waals surface area contributed by atoms with E-state index in [0.717, 1.165) is 23.5 Å². The number of ether oxygens (including phenoxy) is 2. The summed E-state index contributed by atoms with van der Waals surface area (Å²) in [6.45, 7) is 5.27. The number of amides is 2. The Hall–Kier alpha value is -3.80. The predicted octanol–water partition coefficient (Wildman–Crippen LogP) is 6.17. The number of benzene rings is 3. The van der Waals surface area contributed by atoms with E-state index >= 15 is 0 Å².